The van der Waals surface area contributed by atoms with Crippen molar-refractivity contribution in [3.05, 3.63) is 29.3 Å². The molecular weight excluding hydrogens is 260 g/mol. The number of benzene rings is 1. The number of hydrogen-bond acceptors (Lipinski definition) is 2. The normalized spacial score (nSPS) is 25.0. The molecule has 3 rings (SSSR count). The summed E-state index contributed by atoms with van der Waals surface area (Å²) in [5.41, 5.74) is 3.59. The minimum atomic E-state index is -0.175. The van der Waals surface area contributed by atoms with Crippen molar-refractivity contribution in [3.63, 3.8) is 0 Å². The van der Waals surface area contributed by atoms with Crippen LogP contribution in [0.15, 0.2) is 18.2 Å². The van der Waals surface area contributed by atoms with Gasteiger partial charge >= 0.3 is 0 Å². The van der Waals surface area contributed by atoms with Crippen LogP contribution in [0.5, 0.6) is 0 Å². The summed E-state index contributed by atoms with van der Waals surface area (Å²) in [6.07, 6.45) is 5.23. The summed E-state index contributed by atoms with van der Waals surface area (Å²) < 4.78 is 0. The highest BCUT2D eigenvalue weighted by atomic mass is 16.2. The molecular formula is C18H26N2O. The highest BCUT2D eigenvalue weighted by Gasteiger charge is 2.44. The smallest absolute Gasteiger partial charge is 0.234 e. The number of fused-ring (bicyclic) bond motifs is 1. The van der Waals surface area contributed by atoms with E-state index >= 15 is 0 Å². The second kappa shape index (κ2) is 5.80. The number of nitrogens with zero attached hydrogens (tertiary/aromatic N) is 1. The van der Waals surface area contributed by atoms with Crippen LogP contribution < -0.4 is 10.2 Å². The Kier molecular flexibility index (Phi) is 4.03. The lowest BCUT2D eigenvalue weighted by Gasteiger charge is -2.38. The first-order valence-corrected chi connectivity index (χ1v) is 8.29. The van der Waals surface area contributed by atoms with E-state index in [2.05, 4.69) is 42.3 Å². The Bertz CT molecular complexity index is 532. The van der Waals surface area contributed by atoms with Gasteiger partial charge in [0.25, 0.3) is 0 Å². The van der Waals surface area contributed by atoms with E-state index < -0.39 is 0 Å². The molecule has 1 unspecified atom stereocenters. The summed E-state index contributed by atoms with van der Waals surface area (Å²) in [5, 5.41) is 3.41. The summed E-state index contributed by atoms with van der Waals surface area (Å²) in [5.74, 6) is 0.351. The fourth-order valence-corrected chi connectivity index (χ4v) is 4.06. The highest BCUT2D eigenvalue weighted by molar-refractivity contribution is 5.99. The SMILES string of the molecule is CCCC1(C(=O)N2CCCc3cccc(C)c32)CCNC1. The van der Waals surface area contributed by atoms with Gasteiger partial charge < -0.3 is 10.2 Å². The quantitative estimate of drug-likeness (QED) is 0.926. The molecule has 1 atom stereocenters. The van der Waals surface area contributed by atoms with Crippen molar-refractivity contribution in [2.75, 3.05) is 24.5 Å². The number of para-hydroxylation sites is 1. The molecule has 21 heavy (non-hydrogen) atoms. The first-order valence-electron chi connectivity index (χ1n) is 8.29. The van der Waals surface area contributed by atoms with Crippen molar-refractivity contribution in [2.24, 2.45) is 5.41 Å². The molecule has 2 aliphatic heterocycles. The Morgan fingerprint density at radius 3 is 3.00 bits per heavy atom. The minimum absolute atomic E-state index is 0.175. The van der Waals surface area contributed by atoms with Crippen molar-refractivity contribution in [1.82, 2.24) is 5.32 Å². The first-order chi connectivity index (χ1) is 10.2. The zero-order valence-electron chi connectivity index (χ0n) is 13.2. The third-order valence-electron chi connectivity index (χ3n) is 5.09. The first kappa shape index (κ1) is 14.6. The molecule has 1 N–H and O–H groups in total. The van der Waals surface area contributed by atoms with E-state index in [0.717, 1.165) is 51.7 Å². The molecule has 0 saturated carbocycles. The molecule has 0 radical (unpaired) electrons. The standard InChI is InChI=1S/C18H26N2O/c1-3-9-18(10-11-19-13-18)17(21)20-12-5-8-15-7-4-6-14(2)16(15)20/h4,6-7,19H,3,5,8-13H2,1-2H3. The van der Waals surface area contributed by atoms with Crippen molar-refractivity contribution >= 4 is 11.6 Å². The van der Waals surface area contributed by atoms with Crippen LogP contribution in [0.25, 0.3) is 0 Å². The van der Waals surface area contributed by atoms with Crippen molar-refractivity contribution in [2.45, 2.75) is 46.0 Å². The molecule has 3 nitrogen and oxygen atoms in total. The number of hydrogen-bond donors (Lipinski definition) is 1. The van der Waals surface area contributed by atoms with E-state index in [-0.39, 0.29) is 5.41 Å². The van der Waals surface area contributed by atoms with Gasteiger partial charge in [0.05, 0.1) is 5.41 Å². The van der Waals surface area contributed by atoms with Crippen molar-refractivity contribution < 1.29 is 4.79 Å². The Hall–Kier alpha value is -1.35. The Morgan fingerprint density at radius 2 is 2.29 bits per heavy atom. The van der Waals surface area contributed by atoms with E-state index in [0.29, 0.717) is 5.91 Å². The molecule has 0 aliphatic carbocycles. The molecule has 2 aliphatic rings. The maximum Gasteiger partial charge on any atom is 0.234 e. The van der Waals surface area contributed by atoms with Crippen LogP contribution in [0.3, 0.4) is 0 Å². The van der Waals surface area contributed by atoms with Gasteiger partial charge in [0.2, 0.25) is 5.91 Å². The zero-order valence-corrected chi connectivity index (χ0v) is 13.2. The molecule has 1 fully saturated rings. The predicted octanol–water partition coefficient (Wildman–Crippen LogP) is 3.05. The monoisotopic (exact) mass is 286 g/mol. The molecule has 1 amide bonds. The highest BCUT2D eigenvalue weighted by Crippen LogP contribution is 2.38. The number of carbonyl (C=O) groups excluding carboxylic acids is 1. The summed E-state index contributed by atoms with van der Waals surface area (Å²) >= 11 is 0. The van der Waals surface area contributed by atoms with E-state index in [1.165, 1.54) is 16.8 Å². The van der Waals surface area contributed by atoms with Crippen LogP contribution in [-0.4, -0.2) is 25.5 Å². The lowest BCUT2D eigenvalue weighted by molar-refractivity contribution is -0.127. The Balaban J connectivity index is 1.96. The molecule has 2 heterocycles. The number of rotatable bonds is 3. The summed E-state index contributed by atoms with van der Waals surface area (Å²) in [6.45, 7) is 7.01. The molecule has 0 aromatic heterocycles. The van der Waals surface area contributed by atoms with E-state index in [1.807, 2.05) is 0 Å². The molecule has 1 saturated heterocycles. The van der Waals surface area contributed by atoms with Gasteiger partial charge in [-0.05, 0) is 50.3 Å². The third-order valence-corrected chi connectivity index (χ3v) is 5.09. The second-order valence-electron chi connectivity index (χ2n) is 6.60. The van der Waals surface area contributed by atoms with Crippen molar-refractivity contribution in [3.8, 4) is 0 Å². The van der Waals surface area contributed by atoms with E-state index in [4.69, 9.17) is 0 Å². The summed E-state index contributed by atoms with van der Waals surface area (Å²) in [7, 11) is 0. The van der Waals surface area contributed by atoms with Gasteiger partial charge in [0.1, 0.15) is 0 Å². The topological polar surface area (TPSA) is 32.3 Å². The van der Waals surface area contributed by atoms with Crippen LogP contribution in [0.2, 0.25) is 0 Å². The molecule has 3 heteroatoms. The van der Waals surface area contributed by atoms with E-state index in [1.54, 1.807) is 0 Å². The van der Waals surface area contributed by atoms with Gasteiger partial charge in [-0.3, -0.25) is 4.79 Å². The second-order valence-corrected chi connectivity index (χ2v) is 6.60. The van der Waals surface area contributed by atoms with Crippen LogP contribution in [-0.2, 0) is 11.2 Å². The number of nitrogens with one attached hydrogen (secondary N) is 1. The molecule has 0 bridgehead atoms. The minimum Gasteiger partial charge on any atom is -0.316 e. The average molecular weight is 286 g/mol. The van der Waals surface area contributed by atoms with Gasteiger partial charge in [-0.15, -0.1) is 0 Å². The van der Waals surface area contributed by atoms with Crippen LogP contribution in [0.1, 0.15) is 43.7 Å². The van der Waals surface area contributed by atoms with Gasteiger partial charge in [0, 0.05) is 18.8 Å². The fraction of sp³-hybridized carbons (Fsp3) is 0.611. The number of amides is 1. The van der Waals surface area contributed by atoms with Crippen LogP contribution >= 0.6 is 0 Å². The summed E-state index contributed by atoms with van der Waals surface area (Å²) in [6, 6.07) is 6.42. The molecule has 1 aromatic rings. The fourth-order valence-electron chi connectivity index (χ4n) is 4.06. The Morgan fingerprint density at radius 1 is 1.43 bits per heavy atom. The van der Waals surface area contributed by atoms with Crippen LogP contribution in [0.4, 0.5) is 5.69 Å². The van der Waals surface area contributed by atoms with Crippen molar-refractivity contribution in [1.29, 1.82) is 0 Å². The lowest BCUT2D eigenvalue weighted by atomic mass is 9.80. The zero-order chi connectivity index (χ0) is 14.9. The number of carbonyl (C=O) groups is 1. The van der Waals surface area contributed by atoms with Gasteiger partial charge in [-0.1, -0.05) is 31.5 Å². The van der Waals surface area contributed by atoms with Gasteiger partial charge in [0.15, 0.2) is 0 Å². The molecule has 1 aromatic carbocycles. The third kappa shape index (κ3) is 2.48. The molecule has 114 valence electrons. The summed E-state index contributed by atoms with van der Waals surface area (Å²) in [4.78, 5) is 15.4. The predicted molar refractivity (Wildman–Crippen MR) is 86.7 cm³/mol. The maximum atomic E-state index is 13.3. The average Bonchev–Trinajstić information content (AvgIpc) is 2.96. The largest absolute Gasteiger partial charge is 0.316 e. The number of aryl methyl sites for hydroxylation is 2. The van der Waals surface area contributed by atoms with Gasteiger partial charge in [-0.25, -0.2) is 0 Å². The Labute approximate surface area is 127 Å². The maximum absolute atomic E-state index is 13.3. The lowest BCUT2D eigenvalue weighted by Crippen LogP contribution is -2.47. The van der Waals surface area contributed by atoms with Crippen LogP contribution in [0, 0.1) is 12.3 Å². The number of anilines is 1. The molecule has 0 spiro atoms. The van der Waals surface area contributed by atoms with Gasteiger partial charge in [-0.2, -0.15) is 0 Å². The van der Waals surface area contributed by atoms with E-state index in [9.17, 15) is 4.79 Å².